The first-order valence-corrected chi connectivity index (χ1v) is 6.56. The molecule has 0 unspecified atom stereocenters. The van der Waals surface area contributed by atoms with Crippen molar-refractivity contribution in [3.63, 3.8) is 0 Å². The van der Waals surface area contributed by atoms with Crippen LogP contribution in [0.4, 0.5) is 0 Å². The Morgan fingerprint density at radius 2 is 2.11 bits per heavy atom. The maximum absolute atomic E-state index is 11.3. The first-order valence-electron chi connectivity index (χ1n) is 6.56. The van der Waals surface area contributed by atoms with Crippen molar-refractivity contribution >= 4 is 16.9 Å². The Labute approximate surface area is 112 Å². The molecular formula is C15H18N2O2. The van der Waals surface area contributed by atoms with Crippen LogP contribution in [0.5, 0.6) is 0 Å². The monoisotopic (exact) mass is 258 g/mol. The molecule has 0 amide bonds. The van der Waals surface area contributed by atoms with Crippen LogP contribution in [0.2, 0.25) is 0 Å². The fourth-order valence-electron chi connectivity index (χ4n) is 2.80. The Kier molecular flexibility index (Phi) is 3.03. The number of hydrogen-bond acceptors (Lipinski definition) is 3. The maximum Gasteiger partial charge on any atom is 0.305 e. The topological polar surface area (TPSA) is 43.3 Å². The van der Waals surface area contributed by atoms with Crippen molar-refractivity contribution in [2.45, 2.75) is 25.9 Å². The third-order valence-corrected chi connectivity index (χ3v) is 3.85. The summed E-state index contributed by atoms with van der Waals surface area (Å²) in [6.07, 6.45) is 3.29. The van der Waals surface area contributed by atoms with Crippen LogP contribution in [-0.2, 0) is 36.1 Å². The largest absolute Gasteiger partial charge is 0.469 e. The van der Waals surface area contributed by atoms with Crippen LogP contribution in [0.25, 0.3) is 10.9 Å². The summed E-state index contributed by atoms with van der Waals surface area (Å²) in [5.41, 5.74) is 5.21. The molecule has 4 nitrogen and oxygen atoms in total. The number of benzene rings is 1. The van der Waals surface area contributed by atoms with Gasteiger partial charge in [0.15, 0.2) is 0 Å². The van der Waals surface area contributed by atoms with Gasteiger partial charge >= 0.3 is 5.97 Å². The number of carbonyl (C=O) groups excluding carboxylic acids is 1. The predicted molar refractivity (Wildman–Crippen MR) is 73.8 cm³/mol. The van der Waals surface area contributed by atoms with E-state index in [1.165, 1.54) is 34.7 Å². The van der Waals surface area contributed by atoms with Gasteiger partial charge in [0, 0.05) is 43.7 Å². The Bertz CT molecular complexity index is 643. The van der Waals surface area contributed by atoms with Gasteiger partial charge in [0.05, 0.1) is 7.11 Å². The molecule has 0 aliphatic carbocycles. The van der Waals surface area contributed by atoms with E-state index in [4.69, 9.17) is 4.74 Å². The lowest BCUT2D eigenvalue weighted by Crippen LogP contribution is -2.01. The van der Waals surface area contributed by atoms with E-state index in [0.29, 0.717) is 6.42 Å². The van der Waals surface area contributed by atoms with Gasteiger partial charge in [-0.25, -0.2) is 0 Å². The summed E-state index contributed by atoms with van der Waals surface area (Å²) in [5, 5.41) is 4.63. The summed E-state index contributed by atoms with van der Waals surface area (Å²) in [6.45, 7) is 1.89. The minimum absolute atomic E-state index is 0.153. The number of rotatable bonds is 3. The second-order valence-corrected chi connectivity index (χ2v) is 5.08. The summed E-state index contributed by atoms with van der Waals surface area (Å²) in [5.74, 6) is -0.153. The lowest BCUT2D eigenvalue weighted by atomic mass is 10.0. The highest BCUT2D eigenvalue weighted by atomic mass is 16.5. The molecule has 0 radical (unpaired) electrons. The second-order valence-electron chi connectivity index (χ2n) is 5.08. The minimum Gasteiger partial charge on any atom is -0.469 e. The van der Waals surface area contributed by atoms with Crippen molar-refractivity contribution in [1.82, 2.24) is 9.88 Å². The highest BCUT2D eigenvalue weighted by molar-refractivity contribution is 5.86. The van der Waals surface area contributed by atoms with Crippen LogP contribution in [-0.4, -0.2) is 17.6 Å². The van der Waals surface area contributed by atoms with Gasteiger partial charge in [0.25, 0.3) is 0 Å². The van der Waals surface area contributed by atoms with Gasteiger partial charge in [-0.05, 0) is 35.2 Å². The molecule has 3 rings (SSSR count). The highest BCUT2D eigenvalue weighted by Gasteiger charge is 2.15. The van der Waals surface area contributed by atoms with Gasteiger partial charge < -0.3 is 14.6 Å². The lowest BCUT2D eigenvalue weighted by Gasteiger charge is -2.02. The summed E-state index contributed by atoms with van der Waals surface area (Å²) in [4.78, 5) is 11.3. The maximum atomic E-state index is 11.3. The minimum atomic E-state index is -0.153. The fraction of sp³-hybridized carbons (Fsp3) is 0.400. The summed E-state index contributed by atoms with van der Waals surface area (Å²) < 4.78 is 6.85. The molecule has 0 saturated heterocycles. The molecule has 1 aromatic carbocycles. The summed E-state index contributed by atoms with van der Waals surface area (Å²) in [6, 6.07) is 4.52. The van der Waals surface area contributed by atoms with Gasteiger partial charge in [-0.3, -0.25) is 4.79 Å². The van der Waals surface area contributed by atoms with Gasteiger partial charge in [-0.15, -0.1) is 0 Å². The molecule has 100 valence electrons. The van der Waals surface area contributed by atoms with Crippen molar-refractivity contribution in [3.05, 3.63) is 35.0 Å². The average Bonchev–Trinajstić information content (AvgIpc) is 2.99. The SMILES string of the molecule is COC(=O)CCc1cn(C)c2cc3c(cc12)CNC3. The molecule has 19 heavy (non-hydrogen) atoms. The predicted octanol–water partition coefficient (Wildman–Crippen LogP) is 1.89. The smallest absolute Gasteiger partial charge is 0.305 e. The van der Waals surface area contributed by atoms with E-state index in [0.717, 1.165) is 19.5 Å². The van der Waals surface area contributed by atoms with E-state index >= 15 is 0 Å². The molecule has 1 aliphatic rings. The van der Waals surface area contributed by atoms with Crippen LogP contribution in [0.3, 0.4) is 0 Å². The number of nitrogens with zero attached hydrogens (tertiary/aromatic N) is 1. The van der Waals surface area contributed by atoms with E-state index in [2.05, 4.69) is 35.3 Å². The van der Waals surface area contributed by atoms with E-state index in [-0.39, 0.29) is 5.97 Å². The van der Waals surface area contributed by atoms with E-state index < -0.39 is 0 Å². The fourth-order valence-corrected chi connectivity index (χ4v) is 2.80. The van der Waals surface area contributed by atoms with Crippen molar-refractivity contribution in [2.24, 2.45) is 7.05 Å². The third kappa shape index (κ3) is 2.12. The Morgan fingerprint density at radius 1 is 1.37 bits per heavy atom. The number of hydrogen-bond donors (Lipinski definition) is 1. The van der Waals surface area contributed by atoms with E-state index in [9.17, 15) is 4.79 Å². The number of aromatic nitrogens is 1. The molecule has 1 aromatic heterocycles. The van der Waals surface area contributed by atoms with Gasteiger partial charge in [0.1, 0.15) is 0 Å². The van der Waals surface area contributed by atoms with Crippen LogP contribution in [0, 0.1) is 0 Å². The zero-order chi connectivity index (χ0) is 13.4. The molecule has 0 saturated carbocycles. The zero-order valence-corrected chi connectivity index (χ0v) is 11.3. The molecule has 0 bridgehead atoms. The number of nitrogens with one attached hydrogen (secondary N) is 1. The highest BCUT2D eigenvalue weighted by Crippen LogP contribution is 2.28. The van der Waals surface area contributed by atoms with Crippen LogP contribution in [0.1, 0.15) is 23.1 Å². The molecular weight excluding hydrogens is 240 g/mol. The number of esters is 1. The van der Waals surface area contributed by atoms with Gasteiger partial charge in [-0.2, -0.15) is 0 Å². The normalized spacial score (nSPS) is 13.8. The third-order valence-electron chi connectivity index (χ3n) is 3.85. The number of ether oxygens (including phenoxy) is 1. The Morgan fingerprint density at radius 3 is 2.84 bits per heavy atom. The molecule has 0 spiro atoms. The van der Waals surface area contributed by atoms with E-state index in [1.807, 2.05) is 0 Å². The molecule has 1 N–H and O–H groups in total. The molecule has 2 aromatic rings. The number of fused-ring (bicyclic) bond motifs is 2. The molecule has 4 heteroatoms. The zero-order valence-electron chi connectivity index (χ0n) is 11.3. The molecule has 0 atom stereocenters. The van der Waals surface area contributed by atoms with Crippen molar-refractivity contribution in [2.75, 3.05) is 7.11 Å². The van der Waals surface area contributed by atoms with Crippen LogP contribution < -0.4 is 5.32 Å². The summed E-state index contributed by atoms with van der Waals surface area (Å²) >= 11 is 0. The Hall–Kier alpha value is -1.81. The first kappa shape index (κ1) is 12.2. The van der Waals surface area contributed by atoms with Gasteiger partial charge in [-0.1, -0.05) is 0 Å². The number of aryl methyl sites for hydroxylation is 2. The van der Waals surface area contributed by atoms with Gasteiger partial charge in [0.2, 0.25) is 0 Å². The standard InChI is InChI=1S/C15H18N2O2/c1-17-9-10(3-4-15(18)19-2)13-5-11-7-16-8-12(11)6-14(13)17/h5-6,9,16H,3-4,7-8H2,1-2H3. The number of carbonyl (C=O) groups is 1. The van der Waals surface area contributed by atoms with Crippen LogP contribution >= 0.6 is 0 Å². The van der Waals surface area contributed by atoms with Crippen LogP contribution in [0.15, 0.2) is 18.3 Å². The average molecular weight is 258 g/mol. The molecule has 1 aliphatic heterocycles. The Balaban J connectivity index is 1.98. The lowest BCUT2D eigenvalue weighted by molar-refractivity contribution is -0.140. The van der Waals surface area contributed by atoms with Crippen molar-refractivity contribution in [3.8, 4) is 0 Å². The number of methoxy groups -OCH3 is 1. The summed E-state index contributed by atoms with van der Waals surface area (Å²) in [7, 11) is 3.49. The van der Waals surface area contributed by atoms with Crippen molar-refractivity contribution < 1.29 is 9.53 Å². The van der Waals surface area contributed by atoms with Crippen molar-refractivity contribution in [1.29, 1.82) is 0 Å². The molecule has 2 heterocycles. The quantitative estimate of drug-likeness (QED) is 0.855. The second kappa shape index (κ2) is 4.70. The first-order chi connectivity index (χ1) is 9.19. The van der Waals surface area contributed by atoms with E-state index in [1.54, 1.807) is 0 Å². The molecule has 0 fully saturated rings.